The summed E-state index contributed by atoms with van der Waals surface area (Å²) in [4.78, 5) is 16.3. The Labute approximate surface area is 118 Å². The van der Waals surface area contributed by atoms with Gasteiger partial charge in [-0.3, -0.25) is 4.79 Å². The van der Waals surface area contributed by atoms with E-state index in [0.717, 1.165) is 36.2 Å². The lowest BCUT2D eigenvalue weighted by molar-refractivity contribution is -0.116. The molecule has 1 amide bonds. The molecule has 1 aliphatic heterocycles. The van der Waals surface area contributed by atoms with E-state index in [0.29, 0.717) is 12.3 Å². The van der Waals surface area contributed by atoms with Crippen LogP contribution in [0.25, 0.3) is 11.0 Å². The van der Waals surface area contributed by atoms with Crippen LogP contribution < -0.4 is 10.6 Å². The third kappa shape index (κ3) is 2.82. The molecule has 20 heavy (non-hydrogen) atoms. The van der Waals surface area contributed by atoms with Crippen molar-refractivity contribution in [3.05, 3.63) is 24.5 Å². The van der Waals surface area contributed by atoms with Crippen molar-refractivity contribution in [3.63, 3.8) is 0 Å². The molecule has 0 spiro atoms. The zero-order valence-electron chi connectivity index (χ0n) is 11.7. The Bertz CT molecular complexity index is 613. The highest BCUT2D eigenvalue weighted by molar-refractivity contribution is 5.93. The number of imidazole rings is 1. The van der Waals surface area contributed by atoms with Crippen LogP contribution in [-0.2, 0) is 11.8 Å². The summed E-state index contributed by atoms with van der Waals surface area (Å²) in [6, 6.07) is 5.84. The number of nitrogens with one attached hydrogen (secondary N) is 2. The van der Waals surface area contributed by atoms with Crippen molar-refractivity contribution in [2.75, 3.05) is 18.4 Å². The van der Waals surface area contributed by atoms with Crippen molar-refractivity contribution in [1.29, 1.82) is 0 Å². The lowest BCUT2D eigenvalue weighted by Crippen LogP contribution is -2.15. The van der Waals surface area contributed by atoms with E-state index in [2.05, 4.69) is 15.6 Å². The number of carbonyl (C=O) groups excluding carboxylic acids is 1. The standard InChI is InChI=1S/C15H20N4O/c1-19-10-17-13-8-12(3-4-14(13)19)18-15(20)5-2-11-6-7-16-9-11/h3-4,8,10-11,16H,2,5-7,9H2,1H3,(H,18,20). The molecule has 5 nitrogen and oxygen atoms in total. The van der Waals surface area contributed by atoms with Gasteiger partial charge in [0, 0.05) is 19.2 Å². The van der Waals surface area contributed by atoms with Gasteiger partial charge >= 0.3 is 0 Å². The highest BCUT2D eigenvalue weighted by Gasteiger charge is 2.15. The average molecular weight is 272 g/mol. The van der Waals surface area contributed by atoms with E-state index >= 15 is 0 Å². The first-order valence-electron chi connectivity index (χ1n) is 7.14. The summed E-state index contributed by atoms with van der Waals surface area (Å²) < 4.78 is 1.97. The molecule has 1 atom stereocenters. The molecule has 2 N–H and O–H groups in total. The first-order chi connectivity index (χ1) is 9.72. The normalized spacial score (nSPS) is 18.6. The molecule has 1 fully saturated rings. The molecular weight excluding hydrogens is 252 g/mol. The number of aromatic nitrogens is 2. The first kappa shape index (κ1) is 13.1. The van der Waals surface area contributed by atoms with Gasteiger partial charge in [-0.25, -0.2) is 4.98 Å². The van der Waals surface area contributed by atoms with Gasteiger partial charge in [0.2, 0.25) is 5.91 Å². The smallest absolute Gasteiger partial charge is 0.224 e. The van der Waals surface area contributed by atoms with E-state index in [1.807, 2.05) is 29.8 Å². The molecule has 5 heteroatoms. The number of nitrogens with zero attached hydrogens (tertiary/aromatic N) is 2. The van der Waals surface area contributed by atoms with Crippen LogP contribution in [0.2, 0.25) is 0 Å². The van der Waals surface area contributed by atoms with Crippen LogP contribution in [0.4, 0.5) is 5.69 Å². The number of rotatable bonds is 4. The van der Waals surface area contributed by atoms with Crippen molar-refractivity contribution in [3.8, 4) is 0 Å². The Morgan fingerprint density at radius 3 is 3.25 bits per heavy atom. The average Bonchev–Trinajstić information content (AvgIpc) is 3.07. The van der Waals surface area contributed by atoms with Crippen molar-refractivity contribution in [1.82, 2.24) is 14.9 Å². The number of benzene rings is 1. The molecule has 0 aliphatic carbocycles. The fourth-order valence-electron chi connectivity index (χ4n) is 2.73. The van der Waals surface area contributed by atoms with Crippen LogP contribution in [0.3, 0.4) is 0 Å². The van der Waals surface area contributed by atoms with E-state index in [1.54, 1.807) is 6.33 Å². The fraction of sp³-hybridized carbons (Fsp3) is 0.467. The van der Waals surface area contributed by atoms with Crippen LogP contribution in [0, 0.1) is 5.92 Å². The second-order valence-electron chi connectivity index (χ2n) is 5.50. The summed E-state index contributed by atoms with van der Waals surface area (Å²) in [5.74, 6) is 0.742. The number of hydrogen-bond donors (Lipinski definition) is 2. The number of aryl methyl sites for hydroxylation is 1. The van der Waals surface area contributed by atoms with Crippen molar-refractivity contribution < 1.29 is 4.79 Å². The SMILES string of the molecule is Cn1cnc2cc(NC(=O)CCC3CCNC3)ccc21. The van der Waals surface area contributed by atoms with E-state index in [9.17, 15) is 4.79 Å². The van der Waals surface area contributed by atoms with E-state index in [-0.39, 0.29) is 5.91 Å². The Morgan fingerprint density at radius 2 is 2.45 bits per heavy atom. The van der Waals surface area contributed by atoms with Crippen molar-refractivity contribution in [2.24, 2.45) is 13.0 Å². The monoisotopic (exact) mass is 272 g/mol. The molecule has 106 valence electrons. The number of fused-ring (bicyclic) bond motifs is 1. The second-order valence-corrected chi connectivity index (χ2v) is 5.50. The lowest BCUT2D eigenvalue weighted by Gasteiger charge is -2.08. The molecule has 1 aromatic heterocycles. The maximum absolute atomic E-state index is 12.0. The van der Waals surface area contributed by atoms with Crippen LogP contribution in [0.1, 0.15) is 19.3 Å². The molecule has 0 bridgehead atoms. The fourth-order valence-corrected chi connectivity index (χ4v) is 2.73. The second kappa shape index (κ2) is 5.63. The van der Waals surface area contributed by atoms with Gasteiger partial charge in [-0.1, -0.05) is 0 Å². The predicted molar refractivity (Wildman–Crippen MR) is 79.6 cm³/mol. The number of anilines is 1. The van der Waals surface area contributed by atoms with Gasteiger partial charge in [0.15, 0.2) is 0 Å². The van der Waals surface area contributed by atoms with E-state index < -0.39 is 0 Å². The molecule has 3 rings (SSSR count). The molecule has 1 unspecified atom stereocenters. The summed E-state index contributed by atoms with van der Waals surface area (Å²) in [5.41, 5.74) is 2.80. The zero-order chi connectivity index (χ0) is 13.9. The van der Waals surface area contributed by atoms with Crippen molar-refractivity contribution >= 4 is 22.6 Å². The summed E-state index contributed by atoms with van der Waals surface area (Å²) in [7, 11) is 1.96. The topological polar surface area (TPSA) is 59.0 Å². The minimum absolute atomic E-state index is 0.0900. The maximum Gasteiger partial charge on any atom is 0.224 e. The summed E-state index contributed by atoms with van der Waals surface area (Å²) in [5, 5.41) is 6.28. The molecule has 1 aromatic carbocycles. The van der Waals surface area contributed by atoms with Crippen LogP contribution in [0.15, 0.2) is 24.5 Å². The largest absolute Gasteiger partial charge is 0.334 e. The third-order valence-electron chi connectivity index (χ3n) is 3.95. The Balaban J connectivity index is 1.58. The highest BCUT2D eigenvalue weighted by atomic mass is 16.1. The molecule has 2 heterocycles. The molecule has 0 radical (unpaired) electrons. The predicted octanol–water partition coefficient (Wildman–Crippen LogP) is 1.90. The molecule has 0 saturated carbocycles. The Hall–Kier alpha value is -1.88. The highest BCUT2D eigenvalue weighted by Crippen LogP contribution is 2.19. The Morgan fingerprint density at radius 1 is 1.55 bits per heavy atom. The summed E-state index contributed by atoms with van der Waals surface area (Å²) in [6.07, 6.45) is 4.52. The molecule has 2 aromatic rings. The number of carbonyl (C=O) groups is 1. The van der Waals surface area contributed by atoms with Gasteiger partial charge < -0.3 is 15.2 Å². The van der Waals surface area contributed by atoms with Crippen LogP contribution >= 0.6 is 0 Å². The summed E-state index contributed by atoms with van der Waals surface area (Å²) >= 11 is 0. The lowest BCUT2D eigenvalue weighted by atomic mass is 10.0. The van der Waals surface area contributed by atoms with Crippen LogP contribution in [-0.4, -0.2) is 28.5 Å². The van der Waals surface area contributed by atoms with Gasteiger partial charge in [0.25, 0.3) is 0 Å². The van der Waals surface area contributed by atoms with Crippen molar-refractivity contribution in [2.45, 2.75) is 19.3 Å². The number of hydrogen-bond acceptors (Lipinski definition) is 3. The zero-order valence-corrected chi connectivity index (χ0v) is 11.7. The van der Waals surface area contributed by atoms with Crippen LogP contribution in [0.5, 0.6) is 0 Å². The molecule has 1 saturated heterocycles. The quantitative estimate of drug-likeness (QED) is 0.893. The van der Waals surface area contributed by atoms with Gasteiger partial charge in [-0.05, 0) is 50.0 Å². The van der Waals surface area contributed by atoms with Gasteiger partial charge in [0.05, 0.1) is 17.4 Å². The Kier molecular flexibility index (Phi) is 3.69. The minimum atomic E-state index is 0.0900. The van der Waals surface area contributed by atoms with E-state index in [1.165, 1.54) is 6.42 Å². The first-order valence-corrected chi connectivity index (χ1v) is 7.14. The van der Waals surface area contributed by atoms with Gasteiger partial charge in [0.1, 0.15) is 0 Å². The van der Waals surface area contributed by atoms with Gasteiger partial charge in [-0.2, -0.15) is 0 Å². The van der Waals surface area contributed by atoms with Gasteiger partial charge in [-0.15, -0.1) is 0 Å². The number of amides is 1. The summed E-state index contributed by atoms with van der Waals surface area (Å²) in [6.45, 7) is 2.13. The minimum Gasteiger partial charge on any atom is -0.334 e. The molecular formula is C15H20N4O. The van der Waals surface area contributed by atoms with E-state index in [4.69, 9.17) is 0 Å². The maximum atomic E-state index is 12.0. The molecule has 1 aliphatic rings. The third-order valence-corrected chi connectivity index (χ3v) is 3.95.